The molecule has 1 aliphatic heterocycles. The highest BCUT2D eigenvalue weighted by Crippen LogP contribution is 2.36. The van der Waals surface area contributed by atoms with E-state index < -0.39 is 0 Å². The second kappa shape index (κ2) is 6.46. The van der Waals surface area contributed by atoms with E-state index in [2.05, 4.69) is 23.5 Å². The monoisotopic (exact) mass is 377 g/mol. The number of fused-ring (bicyclic) bond motifs is 2. The minimum Gasteiger partial charge on any atom is -0.454 e. The SMILES string of the molecule is Cc1ccc(-n2nc(-c3cc4ccccc4o3)c3c2NCCCC3)cc1Cl. The first kappa shape index (κ1) is 16.5. The van der Waals surface area contributed by atoms with Crippen LogP contribution >= 0.6 is 11.6 Å². The van der Waals surface area contributed by atoms with E-state index in [1.165, 1.54) is 5.56 Å². The summed E-state index contributed by atoms with van der Waals surface area (Å²) in [5, 5.41) is 10.3. The summed E-state index contributed by atoms with van der Waals surface area (Å²) in [6.07, 6.45) is 3.25. The first-order valence-electron chi connectivity index (χ1n) is 9.32. The molecule has 0 atom stereocenters. The Morgan fingerprint density at radius 2 is 2.00 bits per heavy atom. The van der Waals surface area contributed by atoms with Gasteiger partial charge in [0.2, 0.25) is 0 Å². The van der Waals surface area contributed by atoms with Crippen molar-refractivity contribution in [2.45, 2.75) is 26.2 Å². The number of nitrogens with one attached hydrogen (secondary N) is 1. The number of aromatic nitrogens is 2. The Morgan fingerprint density at radius 3 is 2.85 bits per heavy atom. The molecule has 1 N–H and O–H groups in total. The zero-order valence-electron chi connectivity index (χ0n) is 15.1. The van der Waals surface area contributed by atoms with Crippen molar-refractivity contribution in [3.05, 3.63) is 64.7 Å². The van der Waals surface area contributed by atoms with Gasteiger partial charge in [0, 0.05) is 22.5 Å². The van der Waals surface area contributed by atoms with E-state index in [1.807, 2.05) is 41.9 Å². The summed E-state index contributed by atoms with van der Waals surface area (Å²) in [4.78, 5) is 0. The molecule has 3 heterocycles. The molecule has 0 amide bonds. The molecule has 5 rings (SSSR count). The van der Waals surface area contributed by atoms with Gasteiger partial charge < -0.3 is 9.73 Å². The minimum absolute atomic E-state index is 0.746. The summed E-state index contributed by atoms with van der Waals surface area (Å²) >= 11 is 6.38. The van der Waals surface area contributed by atoms with Gasteiger partial charge in [0.15, 0.2) is 5.76 Å². The summed E-state index contributed by atoms with van der Waals surface area (Å²) < 4.78 is 8.09. The molecule has 0 saturated heterocycles. The average Bonchev–Trinajstić information content (AvgIpc) is 3.17. The zero-order valence-corrected chi connectivity index (χ0v) is 15.9. The predicted octanol–water partition coefficient (Wildman–Crippen LogP) is 6.00. The molecule has 4 aromatic rings. The van der Waals surface area contributed by atoms with Crippen LogP contribution in [-0.2, 0) is 6.42 Å². The van der Waals surface area contributed by atoms with Gasteiger partial charge in [0.25, 0.3) is 0 Å². The number of rotatable bonds is 2. The lowest BCUT2D eigenvalue weighted by Crippen LogP contribution is -2.07. The van der Waals surface area contributed by atoms with Crippen molar-refractivity contribution < 1.29 is 4.42 Å². The Balaban J connectivity index is 1.71. The van der Waals surface area contributed by atoms with Crippen LogP contribution in [0.3, 0.4) is 0 Å². The molecular formula is C22H20ClN3O. The van der Waals surface area contributed by atoms with Crippen LogP contribution in [-0.4, -0.2) is 16.3 Å². The Labute approximate surface area is 162 Å². The lowest BCUT2D eigenvalue weighted by Gasteiger charge is -2.10. The Morgan fingerprint density at radius 1 is 1.11 bits per heavy atom. The molecule has 0 spiro atoms. The average molecular weight is 378 g/mol. The fourth-order valence-electron chi connectivity index (χ4n) is 3.70. The van der Waals surface area contributed by atoms with Crippen molar-refractivity contribution in [3.8, 4) is 17.1 Å². The molecule has 0 fully saturated rings. The van der Waals surface area contributed by atoms with E-state index in [9.17, 15) is 0 Å². The summed E-state index contributed by atoms with van der Waals surface area (Å²) in [5.74, 6) is 1.86. The number of hydrogen-bond acceptors (Lipinski definition) is 3. The molecule has 2 aromatic heterocycles. The van der Waals surface area contributed by atoms with Crippen LogP contribution in [0.2, 0.25) is 5.02 Å². The van der Waals surface area contributed by atoms with E-state index in [1.54, 1.807) is 0 Å². The van der Waals surface area contributed by atoms with Crippen molar-refractivity contribution >= 4 is 28.4 Å². The summed E-state index contributed by atoms with van der Waals surface area (Å²) in [6.45, 7) is 2.95. The first-order valence-corrected chi connectivity index (χ1v) is 9.70. The fraction of sp³-hybridized carbons (Fsp3) is 0.227. The highest BCUT2D eigenvalue weighted by Gasteiger charge is 2.24. The van der Waals surface area contributed by atoms with Crippen LogP contribution in [0, 0.1) is 6.92 Å². The van der Waals surface area contributed by atoms with Crippen molar-refractivity contribution in [1.29, 1.82) is 0 Å². The number of anilines is 1. The molecule has 0 saturated carbocycles. The zero-order chi connectivity index (χ0) is 18.4. The van der Waals surface area contributed by atoms with Gasteiger partial charge in [0.05, 0.1) is 5.69 Å². The highest BCUT2D eigenvalue weighted by atomic mass is 35.5. The lowest BCUT2D eigenvalue weighted by molar-refractivity contribution is 0.625. The van der Waals surface area contributed by atoms with Crippen LogP contribution in [0.4, 0.5) is 5.82 Å². The maximum absolute atomic E-state index is 6.38. The smallest absolute Gasteiger partial charge is 0.156 e. The molecule has 27 heavy (non-hydrogen) atoms. The van der Waals surface area contributed by atoms with Gasteiger partial charge in [-0.05, 0) is 56.0 Å². The van der Waals surface area contributed by atoms with Gasteiger partial charge in [-0.25, -0.2) is 4.68 Å². The standard InChI is InChI=1S/C22H20ClN3O/c1-14-9-10-16(13-18(14)23)26-22-17(7-4-5-11-24-22)21(25-26)20-12-15-6-2-3-8-19(15)27-20/h2-3,6,8-10,12-13,24H,4-5,7,11H2,1H3. The predicted molar refractivity (Wildman–Crippen MR) is 110 cm³/mol. The molecule has 1 aliphatic rings. The van der Waals surface area contributed by atoms with E-state index in [0.717, 1.165) is 70.3 Å². The number of benzene rings is 2. The third kappa shape index (κ3) is 2.81. The summed E-state index contributed by atoms with van der Waals surface area (Å²) in [5.41, 5.74) is 5.02. The lowest BCUT2D eigenvalue weighted by atomic mass is 10.1. The molecule has 136 valence electrons. The van der Waals surface area contributed by atoms with E-state index in [0.29, 0.717) is 0 Å². The van der Waals surface area contributed by atoms with E-state index >= 15 is 0 Å². The largest absolute Gasteiger partial charge is 0.454 e. The van der Waals surface area contributed by atoms with Gasteiger partial charge >= 0.3 is 0 Å². The molecule has 5 heteroatoms. The Kier molecular flexibility index (Phi) is 3.94. The minimum atomic E-state index is 0.746. The molecule has 0 aliphatic carbocycles. The fourth-order valence-corrected chi connectivity index (χ4v) is 3.87. The van der Waals surface area contributed by atoms with Crippen LogP contribution in [0.1, 0.15) is 24.0 Å². The third-order valence-corrected chi connectivity index (χ3v) is 5.60. The van der Waals surface area contributed by atoms with Gasteiger partial charge in [-0.2, -0.15) is 5.10 Å². The maximum atomic E-state index is 6.38. The van der Waals surface area contributed by atoms with Crippen LogP contribution in [0.5, 0.6) is 0 Å². The number of aryl methyl sites for hydroxylation is 1. The second-order valence-corrected chi connectivity index (χ2v) is 7.46. The van der Waals surface area contributed by atoms with E-state index in [-0.39, 0.29) is 0 Å². The first-order chi connectivity index (χ1) is 13.2. The van der Waals surface area contributed by atoms with Gasteiger partial charge in [-0.3, -0.25) is 0 Å². The quantitative estimate of drug-likeness (QED) is 0.466. The summed E-state index contributed by atoms with van der Waals surface area (Å²) in [6, 6.07) is 16.2. The third-order valence-electron chi connectivity index (χ3n) is 5.19. The molecule has 0 unspecified atom stereocenters. The van der Waals surface area contributed by atoms with Gasteiger partial charge in [0.1, 0.15) is 17.1 Å². The van der Waals surface area contributed by atoms with Crippen LogP contribution < -0.4 is 5.32 Å². The normalized spacial score (nSPS) is 14.0. The molecular weight excluding hydrogens is 358 g/mol. The molecule has 0 bridgehead atoms. The molecule has 4 nitrogen and oxygen atoms in total. The Bertz CT molecular complexity index is 1110. The van der Waals surface area contributed by atoms with Crippen molar-refractivity contribution in [2.24, 2.45) is 0 Å². The number of furan rings is 1. The summed E-state index contributed by atoms with van der Waals surface area (Å²) in [7, 11) is 0. The Hall–Kier alpha value is -2.72. The molecule has 2 aromatic carbocycles. The van der Waals surface area contributed by atoms with Crippen molar-refractivity contribution in [2.75, 3.05) is 11.9 Å². The van der Waals surface area contributed by atoms with Crippen molar-refractivity contribution in [1.82, 2.24) is 9.78 Å². The van der Waals surface area contributed by atoms with Crippen LogP contribution in [0.25, 0.3) is 28.1 Å². The van der Waals surface area contributed by atoms with Gasteiger partial charge in [-0.1, -0.05) is 35.9 Å². The second-order valence-electron chi connectivity index (χ2n) is 7.05. The highest BCUT2D eigenvalue weighted by molar-refractivity contribution is 6.31. The van der Waals surface area contributed by atoms with E-state index in [4.69, 9.17) is 21.1 Å². The topological polar surface area (TPSA) is 43.0 Å². The van der Waals surface area contributed by atoms with Crippen molar-refractivity contribution in [3.63, 3.8) is 0 Å². The number of para-hydroxylation sites is 1. The van der Waals surface area contributed by atoms with Gasteiger partial charge in [-0.15, -0.1) is 0 Å². The number of nitrogens with zero attached hydrogens (tertiary/aromatic N) is 2. The molecule has 0 radical (unpaired) electrons. The number of hydrogen-bond donors (Lipinski definition) is 1. The number of halogens is 1. The van der Waals surface area contributed by atoms with Crippen LogP contribution in [0.15, 0.2) is 52.9 Å². The maximum Gasteiger partial charge on any atom is 0.156 e.